The van der Waals surface area contributed by atoms with Crippen LogP contribution in [0.2, 0.25) is 0 Å². The lowest BCUT2D eigenvalue weighted by Gasteiger charge is -2.17. The van der Waals surface area contributed by atoms with Gasteiger partial charge in [-0.05, 0) is 38.6 Å². The molecule has 0 spiro atoms. The molecule has 0 aliphatic carbocycles. The van der Waals surface area contributed by atoms with Crippen molar-refractivity contribution in [3.05, 3.63) is 57.0 Å². The molecule has 1 unspecified atom stereocenters. The summed E-state index contributed by atoms with van der Waals surface area (Å²) in [7, 11) is 1.89. The van der Waals surface area contributed by atoms with Crippen molar-refractivity contribution in [1.29, 1.82) is 0 Å². The number of benzene rings is 1. The summed E-state index contributed by atoms with van der Waals surface area (Å²) in [6, 6.07) is 9.65. The Morgan fingerprint density at radius 1 is 1.21 bits per heavy atom. The van der Waals surface area contributed by atoms with E-state index in [9.17, 15) is 4.39 Å². The molecule has 1 nitrogen and oxygen atoms in total. The molecule has 1 aromatic carbocycles. The molecule has 0 fully saturated rings. The highest BCUT2D eigenvalue weighted by atomic mass is 32.1. The molecule has 1 atom stereocenters. The summed E-state index contributed by atoms with van der Waals surface area (Å²) in [5, 5.41) is 3.23. The number of halogens is 1. The zero-order valence-corrected chi connectivity index (χ0v) is 12.5. The summed E-state index contributed by atoms with van der Waals surface area (Å²) in [6.45, 7) is 4.15. The minimum Gasteiger partial charge on any atom is -0.313 e. The molecule has 0 aliphatic rings. The second-order valence-corrected chi connectivity index (χ2v) is 6.04. The predicted octanol–water partition coefficient (Wildman–Crippen LogP) is 4.26. The van der Waals surface area contributed by atoms with Crippen LogP contribution in [0.4, 0.5) is 4.39 Å². The number of hydrogen-bond acceptors (Lipinski definition) is 2. The van der Waals surface area contributed by atoms with E-state index in [4.69, 9.17) is 0 Å². The smallest absolute Gasteiger partial charge is 0.128 e. The maximum Gasteiger partial charge on any atom is 0.128 e. The number of thiophene rings is 1. The Hall–Kier alpha value is -1.19. The highest BCUT2D eigenvalue weighted by Gasteiger charge is 2.15. The van der Waals surface area contributed by atoms with Gasteiger partial charge in [0.2, 0.25) is 0 Å². The highest BCUT2D eigenvalue weighted by molar-refractivity contribution is 7.11. The van der Waals surface area contributed by atoms with Crippen LogP contribution in [-0.2, 0) is 12.8 Å². The molecule has 0 saturated carbocycles. The molecular formula is C16H20FNS. The SMILES string of the molecule is CCc1ccc(CC(NC)c2cc(C)ccc2F)s1. The molecular weight excluding hydrogens is 257 g/mol. The van der Waals surface area contributed by atoms with Crippen LogP contribution in [0, 0.1) is 12.7 Å². The van der Waals surface area contributed by atoms with Crippen molar-refractivity contribution in [3.8, 4) is 0 Å². The van der Waals surface area contributed by atoms with Gasteiger partial charge in [0.1, 0.15) is 5.82 Å². The minimum absolute atomic E-state index is 0.0308. The van der Waals surface area contributed by atoms with Crippen LogP contribution in [0.15, 0.2) is 30.3 Å². The quantitative estimate of drug-likeness (QED) is 0.861. The van der Waals surface area contributed by atoms with Crippen molar-refractivity contribution >= 4 is 11.3 Å². The molecule has 1 heterocycles. The van der Waals surface area contributed by atoms with Crippen molar-refractivity contribution < 1.29 is 4.39 Å². The average Bonchev–Trinajstić information content (AvgIpc) is 2.87. The fourth-order valence-corrected chi connectivity index (χ4v) is 3.22. The van der Waals surface area contributed by atoms with E-state index < -0.39 is 0 Å². The van der Waals surface area contributed by atoms with Crippen LogP contribution in [0.3, 0.4) is 0 Å². The van der Waals surface area contributed by atoms with Crippen LogP contribution >= 0.6 is 11.3 Å². The van der Waals surface area contributed by atoms with Crippen LogP contribution in [0.1, 0.15) is 33.8 Å². The first-order valence-electron chi connectivity index (χ1n) is 6.65. The van der Waals surface area contributed by atoms with E-state index >= 15 is 0 Å². The van der Waals surface area contributed by atoms with E-state index in [1.807, 2.05) is 37.4 Å². The Morgan fingerprint density at radius 2 is 1.95 bits per heavy atom. The molecule has 1 aromatic heterocycles. The molecule has 0 saturated heterocycles. The first-order chi connectivity index (χ1) is 9.13. The van der Waals surface area contributed by atoms with E-state index in [0.717, 1.165) is 24.0 Å². The summed E-state index contributed by atoms with van der Waals surface area (Å²) in [5.74, 6) is -0.128. The maximum absolute atomic E-state index is 13.9. The number of nitrogens with one attached hydrogen (secondary N) is 1. The van der Waals surface area contributed by atoms with Crippen LogP contribution < -0.4 is 5.32 Å². The van der Waals surface area contributed by atoms with Gasteiger partial charge in [0.05, 0.1) is 0 Å². The van der Waals surface area contributed by atoms with Gasteiger partial charge in [0.15, 0.2) is 0 Å². The first kappa shape index (κ1) is 14.2. The number of likely N-dealkylation sites (N-methyl/N-ethyl adjacent to an activating group) is 1. The third kappa shape index (κ3) is 3.43. The third-order valence-corrected chi connectivity index (χ3v) is 4.60. The Bertz CT molecular complexity index is 547. The van der Waals surface area contributed by atoms with Crippen molar-refractivity contribution in [2.45, 2.75) is 32.7 Å². The molecule has 0 radical (unpaired) electrons. The number of aryl methyl sites for hydroxylation is 2. The molecule has 3 heteroatoms. The third-order valence-electron chi connectivity index (χ3n) is 3.35. The fourth-order valence-electron chi connectivity index (χ4n) is 2.22. The average molecular weight is 277 g/mol. The Morgan fingerprint density at radius 3 is 2.58 bits per heavy atom. The summed E-state index contributed by atoms with van der Waals surface area (Å²) in [4.78, 5) is 2.69. The molecule has 2 rings (SSSR count). The second-order valence-electron chi connectivity index (χ2n) is 4.79. The molecule has 1 N–H and O–H groups in total. The maximum atomic E-state index is 13.9. The van der Waals surface area contributed by atoms with E-state index in [1.54, 1.807) is 6.07 Å². The van der Waals surface area contributed by atoms with Crippen molar-refractivity contribution in [1.82, 2.24) is 5.32 Å². The molecule has 0 bridgehead atoms. The number of hydrogen-bond donors (Lipinski definition) is 1. The van der Waals surface area contributed by atoms with E-state index in [0.29, 0.717) is 0 Å². The van der Waals surface area contributed by atoms with Crippen LogP contribution in [-0.4, -0.2) is 7.05 Å². The van der Waals surface area contributed by atoms with Crippen LogP contribution in [0.25, 0.3) is 0 Å². The van der Waals surface area contributed by atoms with Crippen molar-refractivity contribution in [3.63, 3.8) is 0 Å². The van der Waals surface area contributed by atoms with Crippen molar-refractivity contribution in [2.24, 2.45) is 0 Å². The first-order valence-corrected chi connectivity index (χ1v) is 7.46. The molecule has 0 amide bonds. The van der Waals surface area contributed by atoms with Gasteiger partial charge in [0, 0.05) is 27.8 Å². The summed E-state index contributed by atoms with van der Waals surface area (Å²) >= 11 is 1.82. The summed E-state index contributed by atoms with van der Waals surface area (Å²) in [5.41, 5.74) is 1.85. The monoisotopic (exact) mass is 277 g/mol. The number of rotatable bonds is 5. The van der Waals surface area contributed by atoms with Gasteiger partial charge in [-0.2, -0.15) is 0 Å². The van der Waals surface area contributed by atoms with Crippen LogP contribution in [0.5, 0.6) is 0 Å². The lowest BCUT2D eigenvalue weighted by Crippen LogP contribution is -2.19. The van der Waals surface area contributed by atoms with E-state index in [2.05, 4.69) is 24.4 Å². The van der Waals surface area contributed by atoms with Gasteiger partial charge in [-0.25, -0.2) is 4.39 Å². The van der Waals surface area contributed by atoms with Gasteiger partial charge in [-0.3, -0.25) is 0 Å². The molecule has 0 aliphatic heterocycles. The van der Waals surface area contributed by atoms with Gasteiger partial charge < -0.3 is 5.32 Å². The summed E-state index contributed by atoms with van der Waals surface area (Å²) < 4.78 is 13.9. The van der Waals surface area contributed by atoms with E-state index in [1.165, 1.54) is 9.75 Å². The molecule has 2 aromatic rings. The lowest BCUT2D eigenvalue weighted by atomic mass is 10.0. The minimum atomic E-state index is -0.128. The molecule has 102 valence electrons. The molecule has 19 heavy (non-hydrogen) atoms. The lowest BCUT2D eigenvalue weighted by molar-refractivity contribution is 0.536. The van der Waals surface area contributed by atoms with Crippen molar-refractivity contribution in [2.75, 3.05) is 7.05 Å². The zero-order chi connectivity index (χ0) is 13.8. The van der Waals surface area contributed by atoms with Gasteiger partial charge in [-0.1, -0.05) is 24.6 Å². The summed E-state index contributed by atoms with van der Waals surface area (Å²) in [6.07, 6.45) is 1.90. The normalized spacial score (nSPS) is 12.6. The Kier molecular flexibility index (Phi) is 4.72. The fraction of sp³-hybridized carbons (Fsp3) is 0.375. The van der Waals surface area contributed by atoms with E-state index in [-0.39, 0.29) is 11.9 Å². The largest absolute Gasteiger partial charge is 0.313 e. The Balaban J connectivity index is 2.22. The highest BCUT2D eigenvalue weighted by Crippen LogP contribution is 2.26. The predicted molar refractivity (Wildman–Crippen MR) is 80.3 cm³/mol. The van der Waals surface area contributed by atoms with Gasteiger partial charge in [-0.15, -0.1) is 11.3 Å². The standard InChI is InChI=1S/C16H20FNS/c1-4-12-6-7-13(19-12)10-16(18-3)14-9-11(2)5-8-15(14)17/h5-9,16,18H,4,10H2,1-3H3. The van der Waals surface area contributed by atoms with Gasteiger partial charge in [0.25, 0.3) is 0 Å². The topological polar surface area (TPSA) is 12.0 Å². The van der Waals surface area contributed by atoms with Gasteiger partial charge >= 0.3 is 0 Å². The Labute approximate surface area is 118 Å². The zero-order valence-electron chi connectivity index (χ0n) is 11.7. The second kappa shape index (κ2) is 6.31.